The van der Waals surface area contributed by atoms with E-state index < -0.39 is 51.9 Å². The number of carbonyl (C=O) groups excluding carboxylic acids is 1. The van der Waals surface area contributed by atoms with E-state index in [9.17, 15) is 22.0 Å². The van der Waals surface area contributed by atoms with E-state index in [1.807, 2.05) is 0 Å². The highest BCUT2D eigenvalue weighted by atomic mass is 35.5. The molecule has 3 aromatic rings. The molecule has 8 nitrogen and oxygen atoms in total. The van der Waals surface area contributed by atoms with Crippen LogP contribution >= 0.6 is 11.6 Å². The summed E-state index contributed by atoms with van der Waals surface area (Å²) in [5, 5.41) is 2.91. The number of nitrogens with zero attached hydrogens (tertiary/aromatic N) is 2. The van der Waals surface area contributed by atoms with Gasteiger partial charge in [0.2, 0.25) is 0 Å². The zero-order valence-electron chi connectivity index (χ0n) is 22.2. The molecular weight excluding hydrogens is 583 g/mol. The zero-order valence-corrected chi connectivity index (χ0v) is 23.7. The standard InChI is InChI=1S/C28H29ClF3N3O5S/c1-19(35(27-17-23(31)5-9-26(27)32)41(37,38)24-6-2-21(29)3-7-24)25-8-4-22(30)16-20(25)18-40-28(36)33-10-11-34-12-14-39-15-13-34/h2-9,16-17,19H,10-15,18H2,1H3,(H,33,36)/t19-/m1/s1. The number of benzene rings is 3. The van der Waals surface area contributed by atoms with Crippen molar-refractivity contribution in [2.45, 2.75) is 24.5 Å². The van der Waals surface area contributed by atoms with E-state index in [1.54, 1.807) is 0 Å². The normalized spacial score (nSPS) is 14.9. The lowest BCUT2D eigenvalue weighted by Crippen LogP contribution is -2.41. The first-order chi connectivity index (χ1) is 19.6. The van der Waals surface area contributed by atoms with E-state index in [0.717, 1.165) is 43.4 Å². The minimum Gasteiger partial charge on any atom is -0.445 e. The molecule has 1 aliphatic rings. The number of carbonyl (C=O) groups is 1. The van der Waals surface area contributed by atoms with Crippen LogP contribution in [-0.2, 0) is 26.1 Å². The lowest BCUT2D eigenvalue weighted by molar-refractivity contribution is 0.0382. The molecule has 13 heteroatoms. The van der Waals surface area contributed by atoms with Crippen LogP contribution in [0.15, 0.2) is 65.6 Å². The topological polar surface area (TPSA) is 88.2 Å². The number of alkyl carbamates (subject to hydrolysis) is 1. The van der Waals surface area contributed by atoms with Crippen LogP contribution < -0.4 is 9.62 Å². The van der Waals surface area contributed by atoms with Crippen molar-refractivity contribution in [3.63, 3.8) is 0 Å². The minimum absolute atomic E-state index is 0.147. The Morgan fingerprint density at radius 3 is 2.41 bits per heavy atom. The predicted octanol–water partition coefficient (Wildman–Crippen LogP) is 5.27. The van der Waals surface area contributed by atoms with Crippen LogP contribution in [0.4, 0.5) is 23.7 Å². The van der Waals surface area contributed by atoms with Gasteiger partial charge in [0, 0.05) is 37.3 Å². The van der Waals surface area contributed by atoms with Crippen molar-refractivity contribution in [3.05, 3.63) is 94.3 Å². The summed E-state index contributed by atoms with van der Waals surface area (Å²) >= 11 is 5.92. The van der Waals surface area contributed by atoms with E-state index in [4.69, 9.17) is 21.1 Å². The Hall–Kier alpha value is -3.32. The summed E-state index contributed by atoms with van der Waals surface area (Å²) in [6.45, 7) is 4.70. The SMILES string of the molecule is C[C@H](c1ccc(F)cc1COC(=O)NCCN1CCOCC1)N(c1cc(F)ccc1F)S(=O)(=O)c1ccc(Cl)cc1. The average molecular weight is 612 g/mol. The van der Waals surface area contributed by atoms with Gasteiger partial charge < -0.3 is 14.8 Å². The van der Waals surface area contributed by atoms with Crippen molar-refractivity contribution in [2.24, 2.45) is 0 Å². The number of morpholine rings is 1. The maximum absolute atomic E-state index is 15.0. The van der Waals surface area contributed by atoms with Gasteiger partial charge in [-0.1, -0.05) is 17.7 Å². The number of halogens is 4. The van der Waals surface area contributed by atoms with Crippen molar-refractivity contribution in [3.8, 4) is 0 Å². The van der Waals surface area contributed by atoms with E-state index in [0.29, 0.717) is 30.6 Å². The van der Waals surface area contributed by atoms with Gasteiger partial charge in [0.15, 0.2) is 0 Å². The quantitative estimate of drug-likeness (QED) is 0.336. The second-order valence-electron chi connectivity index (χ2n) is 9.33. The number of anilines is 1. The lowest BCUT2D eigenvalue weighted by Gasteiger charge is -2.32. The molecule has 4 rings (SSSR count). The number of hydrogen-bond donors (Lipinski definition) is 1. The molecule has 1 saturated heterocycles. The van der Waals surface area contributed by atoms with E-state index in [1.165, 1.54) is 37.3 Å². The number of hydrogen-bond acceptors (Lipinski definition) is 6. The molecule has 0 spiro atoms. The van der Waals surface area contributed by atoms with E-state index in [2.05, 4.69) is 10.2 Å². The van der Waals surface area contributed by atoms with Crippen molar-refractivity contribution in [2.75, 3.05) is 43.7 Å². The van der Waals surface area contributed by atoms with Gasteiger partial charge in [0.1, 0.15) is 24.1 Å². The largest absolute Gasteiger partial charge is 0.445 e. The summed E-state index contributed by atoms with van der Waals surface area (Å²) in [5.74, 6) is -2.51. The van der Waals surface area contributed by atoms with Crippen molar-refractivity contribution >= 4 is 33.4 Å². The van der Waals surface area contributed by atoms with Crippen molar-refractivity contribution in [1.29, 1.82) is 0 Å². The van der Waals surface area contributed by atoms with E-state index in [-0.39, 0.29) is 21.0 Å². The van der Waals surface area contributed by atoms with Gasteiger partial charge in [-0.2, -0.15) is 0 Å². The Balaban J connectivity index is 1.60. The summed E-state index contributed by atoms with van der Waals surface area (Å²) in [6.07, 6.45) is -0.747. The summed E-state index contributed by atoms with van der Waals surface area (Å²) in [6, 6.07) is 9.97. The lowest BCUT2D eigenvalue weighted by atomic mass is 10.0. The fourth-order valence-corrected chi connectivity index (χ4v) is 6.25. The summed E-state index contributed by atoms with van der Waals surface area (Å²) in [5.41, 5.74) is -0.188. The molecule has 41 heavy (non-hydrogen) atoms. The van der Waals surface area contributed by atoms with Crippen LogP contribution in [0.1, 0.15) is 24.1 Å². The van der Waals surface area contributed by atoms with Crippen LogP contribution in [0, 0.1) is 17.5 Å². The first-order valence-corrected chi connectivity index (χ1v) is 14.6. The molecule has 0 unspecified atom stereocenters. The molecule has 0 aromatic heterocycles. The highest BCUT2D eigenvalue weighted by Gasteiger charge is 2.34. The Morgan fingerprint density at radius 2 is 1.71 bits per heavy atom. The van der Waals surface area contributed by atoms with Gasteiger partial charge in [-0.25, -0.2) is 26.4 Å². The maximum Gasteiger partial charge on any atom is 0.407 e. The number of ether oxygens (including phenoxy) is 2. The molecule has 1 amide bonds. The van der Waals surface area contributed by atoms with Gasteiger partial charge in [0.05, 0.1) is 29.8 Å². The smallest absolute Gasteiger partial charge is 0.407 e. The van der Waals surface area contributed by atoms with Crippen molar-refractivity contribution < 1.29 is 35.9 Å². The zero-order chi connectivity index (χ0) is 29.6. The Bertz CT molecular complexity index is 1470. The fraction of sp³-hybridized carbons (Fsp3) is 0.321. The van der Waals surface area contributed by atoms with Gasteiger partial charge in [-0.3, -0.25) is 9.21 Å². The second kappa shape index (κ2) is 13.6. The number of amides is 1. The highest BCUT2D eigenvalue weighted by molar-refractivity contribution is 7.92. The molecule has 1 fully saturated rings. The molecule has 1 N–H and O–H groups in total. The Morgan fingerprint density at radius 1 is 1.05 bits per heavy atom. The van der Waals surface area contributed by atoms with Crippen molar-refractivity contribution in [1.82, 2.24) is 10.2 Å². The molecule has 0 bridgehead atoms. The van der Waals surface area contributed by atoms with Crippen LogP contribution in [0.2, 0.25) is 5.02 Å². The minimum atomic E-state index is -4.50. The Labute approximate surface area is 241 Å². The third-order valence-electron chi connectivity index (χ3n) is 6.58. The van der Waals surface area contributed by atoms with Gasteiger partial charge in [0.25, 0.3) is 10.0 Å². The molecule has 1 atom stereocenters. The molecule has 0 radical (unpaired) electrons. The van der Waals surface area contributed by atoms with Crippen LogP contribution in [-0.4, -0.2) is 58.8 Å². The van der Waals surface area contributed by atoms with Crippen LogP contribution in [0.5, 0.6) is 0 Å². The molecule has 0 saturated carbocycles. The Kier molecular flexibility index (Phi) is 10.1. The fourth-order valence-electron chi connectivity index (χ4n) is 4.49. The second-order valence-corrected chi connectivity index (χ2v) is 11.6. The van der Waals surface area contributed by atoms with Gasteiger partial charge in [-0.15, -0.1) is 0 Å². The average Bonchev–Trinajstić information content (AvgIpc) is 2.94. The molecule has 1 heterocycles. The molecule has 0 aliphatic carbocycles. The van der Waals surface area contributed by atoms with Gasteiger partial charge in [-0.05, 0) is 66.6 Å². The third-order valence-corrected chi connectivity index (χ3v) is 8.73. The van der Waals surface area contributed by atoms with Crippen LogP contribution in [0.25, 0.3) is 0 Å². The summed E-state index contributed by atoms with van der Waals surface area (Å²) in [7, 11) is -4.50. The monoisotopic (exact) mass is 611 g/mol. The first kappa shape index (κ1) is 30.6. The first-order valence-electron chi connectivity index (χ1n) is 12.8. The maximum atomic E-state index is 15.0. The predicted molar refractivity (Wildman–Crippen MR) is 148 cm³/mol. The summed E-state index contributed by atoms with van der Waals surface area (Å²) < 4.78 is 82.5. The third kappa shape index (κ3) is 7.70. The number of rotatable bonds is 10. The number of sulfonamides is 1. The van der Waals surface area contributed by atoms with E-state index >= 15 is 4.39 Å². The molecule has 220 valence electrons. The molecular formula is C28H29ClF3N3O5S. The highest BCUT2D eigenvalue weighted by Crippen LogP contribution is 2.37. The van der Waals surface area contributed by atoms with Gasteiger partial charge >= 0.3 is 6.09 Å². The van der Waals surface area contributed by atoms with Crippen LogP contribution in [0.3, 0.4) is 0 Å². The molecule has 1 aliphatic heterocycles. The molecule has 3 aromatic carbocycles. The number of nitrogens with one attached hydrogen (secondary N) is 1. The summed E-state index contributed by atoms with van der Waals surface area (Å²) in [4.78, 5) is 14.3.